The SMILES string of the molecule is COC(=O)C1NC(=O)NC1C. The molecule has 0 aliphatic carbocycles. The summed E-state index contributed by atoms with van der Waals surface area (Å²) in [6.07, 6.45) is 0. The molecule has 5 nitrogen and oxygen atoms in total. The van der Waals surface area contributed by atoms with Crippen molar-refractivity contribution in [3.8, 4) is 0 Å². The molecule has 11 heavy (non-hydrogen) atoms. The average Bonchev–Trinajstić information content (AvgIpc) is 2.28. The predicted molar refractivity (Wildman–Crippen MR) is 36.9 cm³/mol. The number of carbonyl (C=O) groups is 2. The molecule has 2 unspecified atom stereocenters. The van der Waals surface area contributed by atoms with E-state index in [-0.39, 0.29) is 12.1 Å². The maximum absolute atomic E-state index is 10.9. The fraction of sp³-hybridized carbons (Fsp3) is 0.667. The highest BCUT2D eigenvalue weighted by atomic mass is 16.5. The minimum absolute atomic E-state index is 0.199. The van der Waals surface area contributed by atoms with E-state index >= 15 is 0 Å². The van der Waals surface area contributed by atoms with Gasteiger partial charge in [0.15, 0.2) is 0 Å². The van der Waals surface area contributed by atoms with Crippen LogP contribution in [0, 0.1) is 0 Å². The van der Waals surface area contributed by atoms with Gasteiger partial charge in [-0.25, -0.2) is 9.59 Å². The lowest BCUT2D eigenvalue weighted by molar-refractivity contribution is -0.142. The lowest BCUT2D eigenvalue weighted by atomic mass is 10.2. The molecule has 2 N–H and O–H groups in total. The first-order valence-electron chi connectivity index (χ1n) is 3.30. The van der Waals surface area contributed by atoms with Gasteiger partial charge in [-0.1, -0.05) is 0 Å². The number of carbonyl (C=O) groups excluding carboxylic acids is 2. The van der Waals surface area contributed by atoms with E-state index in [1.807, 2.05) is 0 Å². The molecule has 0 bridgehead atoms. The predicted octanol–water partition coefficient (Wildman–Crippen LogP) is -0.771. The van der Waals surface area contributed by atoms with Crippen LogP contribution in [-0.2, 0) is 9.53 Å². The Bertz CT molecular complexity index is 192. The van der Waals surface area contributed by atoms with E-state index in [1.54, 1.807) is 6.92 Å². The van der Waals surface area contributed by atoms with Crippen molar-refractivity contribution >= 4 is 12.0 Å². The zero-order valence-corrected chi connectivity index (χ0v) is 6.38. The van der Waals surface area contributed by atoms with Crippen LogP contribution >= 0.6 is 0 Å². The van der Waals surface area contributed by atoms with Gasteiger partial charge in [0.2, 0.25) is 0 Å². The van der Waals surface area contributed by atoms with E-state index < -0.39 is 12.0 Å². The van der Waals surface area contributed by atoms with Gasteiger partial charge in [0.1, 0.15) is 6.04 Å². The van der Waals surface area contributed by atoms with Crippen molar-refractivity contribution in [1.82, 2.24) is 10.6 Å². The van der Waals surface area contributed by atoms with Gasteiger partial charge in [0.05, 0.1) is 13.2 Å². The second kappa shape index (κ2) is 2.77. The van der Waals surface area contributed by atoms with E-state index in [4.69, 9.17) is 0 Å². The molecule has 0 aromatic carbocycles. The largest absolute Gasteiger partial charge is 0.467 e. The van der Waals surface area contributed by atoms with Gasteiger partial charge in [0, 0.05) is 0 Å². The maximum Gasteiger partial charge on any atom is 0.330 e. The summed E-state index contributed by atoms with van der Waals surface area (Å²) in [5, 5.41) is 4.96. The molecule has 2 amide bonds. The first-order valence-corrected chi connectivity index (χ1v) is 3.30. The molecule has 1 fully saturated rings. The van der Waals surface area contributed by atoms with Crippen LogP contribution in [-0.4, -0.2) is 31.2 Å². The number of nitrogens with one attached hydrogen (secondary N) is 2. The van der Waals surface area contributed by atoms with Crippen LogP contribution in [0.15, 0.2) is 0 Å². The van der Waals surface area contributed by atoms with Crippen LogP contribution in [0.3, 0.4) is 0 Å². The van der Waals surface area contributed by atoms with Gasteiger partial charge in [0.25, 0.3) is 0 Å². The fourth-order valence-corrected chi connectivity index (χ4v) is 0.988. The summed E-state index contributed by atoms with van der Waals surface area (Å²) >= 11 is 0. The highest BCUT2D eigenvalue weighted by molar-refractivity contribution is 5.88. The Kier molecular flexibility index (Phi) is 1.98. The number of hydrogen-bond acceptors (Lipinski definition) is 3. The Balaban J connectivity index is 2.59. The van der Waals surface area contributed by atoms with Gasteiger partial charge >= 0.3 is 12.0 Å². The number of esters is 1. The molecule has 1 heterocycles. The lowest BCUT2D eigenvalue weighted by Gasteiger charge is -2.10. The number of ether oxygens (including phenoxy) is 1. The van der Waals surface area contributed by atoms with Crippen molar-refractivity contribution in [3.63, 3.8) is 0 Å². The normalized spacial score (nSPS) is 29.1. The van der Waals surface area contributed by atoms with E-state index in [0.29, 0.717) is 0 Å². The third kappa shape index (κ3) is 1.42. The number of methoxy groups -OCH3 is 1. The molecular formula is C6H10N2O3. The van der Waals surface area contributed by atoms with Crippen molar-refractivity contribution in [3.05, 3.63) is 0 Å². The van der Waals surface area contributed by atoms with E-state index in [0.717, 1.165) is 0 Å². The topological polar surface area (TPSA) is 67.4 Å². The zero-order chi connectivity index (χ0) is 8.43. The van der Waals surface area contributed by atoms with Crippen molar-refractivity contribution in [2.24, 2.45) is 0 Å². The standard InChI is InChI=1S/C6H10N2O3/c1-3-4(5(9)11-2)8-6(10)7-3/h3-4H,1-2H3,(H2,7,8,10). The summed E-state index contributed by atoms with van der Waals surface area (Å²) in [7, 11) is 1.29. The molecule has 1 aliphatic rings. The van der Waals surface area contributed by atoms with Crippen molar-refractivity contribution in [2.45, 2.75) is 19.0 Å². The van der Waals surface area contributed by atoms with Gasteiger partial charge in [-0.3, -0.25) is 0 Å². The summed E-state index contributed by atoms with van der Waals surface area (Å²) in [6.45, 7) is 1.74. The van der Waals surface area contributed by atoms with Crippen molar-refractivity contribution in [1.29, 1.82) is 0 Å². The molecule has 2 atom stereocenters. The molecule has 0 aromatic heterocycles. The summed E-state index contributed by atoms with van der Waals surface area (Å²) in [5.41, 5.74) is 0. The molecule has 0 radical (unpaired) electrons. The van der Waals surface area contributed by atoms with Crippen LogP contribution < -0.4 is 10.6 Å². The first kappa shape index (κ1) is 7.84. The van der Waals surface area contributed by atoms with Gasteiger partial charge in [-0.05, 0) is 6.92 Å². The summed E-state index contributed by atoms with van der Waals surface area (Å²) in [6, 6.07) is -1.07. The Morgan fingerprint density at radius 2 is 2.18 bits per heavy atom. The third-order valence-corrected chi connectivity index (χ3v) is 1.60. The summed E-state index contributed by atoms with van der Waals surface area (Å²) in [5.74, 6) is -0.421. The molecule has 5 heteroatoms. The van der Waals surface area contributed by atoms with Crippen molar-refractivity contribution in [2.75, 3.05) is 7.11 Å². The van der Waals surface area contributed by atoms with Crippen LogP contribution in [0.25, 0.3) is 0 Å². The van der Waals surface area contributed by atoms with Crippen molar-refractivity contribution < 1.29 is 14.3 Å². The molecule has 1 rings (SSSR count). The molecule has 0 saturated carbocycles. The third-order valence-electron chi connectivity index (χ3n) is 1.60. The van der Waals surface area contributed by atoms with Crippen LogP contribution in [0.4, 0.5) is 4.79 Å². The highest BCUT2D eigenvalue weighted by Gasteiger charge is 2.34. The molecular weight excluding hydrogens is 148 g/mol. The second-order valence-electron chi connectivity index (χ2n) is 2.41. The van der Waals surface area contributed by atoms with Gasteiger partial charge in [-0.15, -0.1) is 0 Å². The molecule has 1 aliphatic heterocycles. The second-order valence-corrected chi connectivity index (χ2v) is 2.41. The van der Waals surface area contributed by atoms with E-state index in [1.165, 1.54) is 7.11 Å². The first-order chi connectivity index (χ1) is 5.15. The minimum Gasteiger partial charge on any atom is -0.467 e. The number of amides is 2. The Morgan fingerprint density at radius 3 is 2.55 bits per heavy atom. The quantitative estimate of drug-likeness (QED) is 0.492. The van der Waals surface area contributed by atoms with Crippen LogP contribution in [0.1, 0.15) is 6.92 Å². The number of rotatable bonds is 1. The lowest BCUT2D eigenvalue weighted by Crippen LogP contribution is -2.39. The molecule has 0 spiro atoms. The molecule has 0 aromatic rings. The number of hydrogen-bond donors (Lipinski definition) is 2. The molecule has 1 saturated heterocycles. The monoisotopic (exact) mass is 158 g/mol. The Hall–Kier alpha value is -1.26. The minimum atomic E-state index is -0.549. The van der Waals surface area contributed by atoms with E-state index in [9.17, 15) is 9.59 Å². The number of urea groups is 1. The fourth-order valence-electron chi connectivity index (χ4n) is 0.988. The van der Waals surface area contributed by atoms with Crippen LogP contribution in [0.2, 0.25) is 0 Å². The Labute approximate surface area is 64.1 Å². The van der Waals surface area contributed by atoms with Crippen LogP contribution in [0.5, 0.6) is 0 Å². The maximum atomic E-state index is 10.9. The highest BCUT2D eigenvalue weighted by Crippen LogP contribution is 2.01. The van der Waals surface area contributed by atoms with Gasteiger partial charge < -0.3 is 15.4 Å². The Morgan fingerprint density at radius 1 is 1.55 bits per heavy atom. The van der Waals surface area contributed by atoms with Gasteiger partial charge in [-0.2, -0.15) is 0 Å². The molecule has 62 valence electrons. The summed E-state index contributed by atoms with van der Waals surface area (Å²) < 4.78 is 4.46. The summed E-state index contributed by atoms with van der Waals surface area (Å²) in [4.78, 5) is 21.5. The zero-order valence-electron chi connectivity index (χ0n) is 6.38. The van der Waals surface area contributed by atoms with E-state index in [2.05, 4.69) is 15.4 Å². The smallest absolute Gasteiger partial charge is 0.330 e. The average molecular weight is 158 g/mol.